The quantitative estimate of drug-likeness (QED) is 0.656. The lowest BCUT2D eigenvalue weighted by molar-refractivity contribution is -0.117. The van der Waals surface area contributed by atoms with E-state index in [-0.39, 0.29) is 17.7 Å². The first-order valence-electron chi connectivity index (χ1n) is 7.93. The van der Waals surface area contributed by atoms with Gasteiger partial charge in [-0.05, 0) is 49.6 Å². The van der Waals surface area contributed by atoms with Gasteiger partial charge in [-0.15, -0.1) is 0 Å². The number of hydrogen-bond acceptors (Lipinski definition) is 3. The van der Waals surface area contributed by atoms with Gasteiger partial charge in [0, 0.05) is 17.2 Å². The lowest BCUT2D eigenvalue weighted by atomic mass is 10.2. The zero-order chi connectivity index (χ0) is 16.9. The van der Waals surface area contributed by atoms with Crippen LogP contribution in [0.25, 0.3) is 0 Å². The van der Waals surface area contributed by atoms with E-state index in [2.05, 4.69) is 15.8 Å². The van der Waals surface area contributed by atoms with Gasteiger partial charge in [0.15, 0.2) is 0 Å². The number of rotatable bonds is 5. The van der Waals surface area contributed by atoms with Gasteiger partial charge in [0.25, 0.3) is 5.91 Å². The molecule has 3 rings (SSSR count). The summed E-state index contributed by atoms with van der Waals surface area (Å²) in [6.07, 6.45) is 3.53. The smallest absolute Gasteiger partial charge is 0.271 e. The van der Waals surface area contributed by atoms with Crippen molar-refractivity contribution in [2.45, 2.75) is 19.8 Å². The number of hydrazone groups is 1. The van der Waals surface area contributed by atoms with Crippen LogP contribution in [0.15, 0.2) is 53.6 Å². The van der Waals surface area contributed by atoms with Crippen LogP contribution in [0.2, 0.25) is 0 Å². The van der Waals surface area contributed by atoms with E-state index in [0.29, 0.717) is 11.3 Å². The van der Waals surface area contributed by atoms with Crippen LogP contribution in [0, 0.1) is 12.8 Å². The summed E-state index contributed by atoms with van der Waals surface area (Å²) in [7, 11) is 0. The maximum Gasteiger partial charge on any atom is 0.271 e. The summed E-state index contributed by atoms with van der Waals surface area (Å²) in [4.78, 5) is 23.7. The van der Waals surface area contributed by atoms with Crippen LogP contribution in [0.5, 0.6) is 0 Å². The van der Waals surface area contributed by atoms with Gasteiger partial charge in [0.05, 0.1) is 6.21 Å². The summed E-state index contributed by atoms with van der Waals surface area (Å²) in [5.74, 6) is -0.0853. The third-order valence-electron chi connectivity index (χ3n) is 3.78. The van der Waals surface area contributed by atoms with Crippen LogP contribution in [0.3, 0.4) is 0 Å². The number of benzene rings is 2. The Labute approximate surface area is 140 Å². The largest absolute Gasteiger partial charge is 0.326 e. The SMILES string of the molecule is Cc1cccc(C=NNC(=O)c2ccc(NC(=O)C3CC3)cc2)c1. The van der Waals surface area contributed by atoms with Gasteiger partial charge in [0.2, 0.25) is 5.91 Å². The molecule has 2 aromatic rings. The Morgan fingerprint density at radius 1 is 1.12 bits per heavy atom. The Bertz CT molecular complexity index is 777. The molecule has 2 N–H and O–H groups in total. The fourth-order valence-corrected chi connectivity index (χ4v) is 2.28. The van der Waals surface area contributed by atoms with E-state index in [0.717, 1.165) is 24.0 Å². The molecule has 1 saturated carbocycles. The standard InChI is InChI=1S/C19H19N3O2/c1-13-3-2-4-14(11-13)12-20-22-19(24)16-7-9-17(10-8-16)21-18(23)15-5-6-15/h2-4,7-12,15H,5-6H2,1H3,(H,21,23)(H,22,24). The number of nitrogens with zero attached hydrogens (tertiary/aromatic N) is 1. The van der Waals surface area contributed by atoms with Gasteiger partial charge in [-0.1, -0.05) is 29.8 Å². The first-order valence-corrected chi connectivity index (χ1v) is 7.93. The second-order valence-corrected chi connectivity index (χ2v) is 5.95. The monoisotopic (exact) mass is 321 g/mol. The molecule has 0 saturated heterocycles. The van der Waals surface area contributed by atoms with E-state index in [9.17, 15) is 9.59 Å². The second kappa shape index (κ2) is 7.08. The molecule has 1 fully saturated rings. The number of nitrogens with one attached hydrogen (secondary N) is 2. The predicted molar refractivity (Wildman–Crippen MR) is 94.0 cm³/mol. The molecule has 0 aromatic heterocycles. The number of carbonyl (C=O) groups excluding carboxylic acids is 2. The molecular formula is C19H19N3O2. The zero-order valence-electron chi connectivity index (χ0n) is 13.5. The van der Waals surface area contributed by atoms with Crippen molar-refractivity contribution in [3.63, 3.8) is 0 Å². The normalized spacial score (nSPS) is 13.7. The van der Waals surface area contributed by atoms with Crippen LogP contribution in [-0.2, 0) is 4.79 Å². The molecule has 0 unspecified atom stereocenters. The number of aryl methyl sites for hydroxylation is 1. The molecule has 5 nitrogen and oxygen atoms in total. The Hall–Kier alpha value is -2.95. The molecule has 1 aliphatic carbocycles. The van der Waals surface area contributed by atoms with Crippen LogP contribution in [0.1, 0.15) is 34.3 Å². The highest BCUT2D eigenvalue weighted by molar-refractivity contribution is 5.97. The summed E-state index contributed by atoms with van der Waals surface area (Å²) < 4.78 is 0. The molecule has 0 heterocycles. The average Bonchev–Trinajstić information content (AvgIpc) is 3.40. The minimum Gasteiger partial charge on any atom is -0.326 e. The summed E-state index contributed by atoms with van der Waals surface area (Å²) in [5.41, 5.74) is 5.74. The van der Waals surface area contributed by atoms with Crippen LogP contribution in [-0.4, -0.2) is 18.0 Å². The van der Waals surface area contributed by atoms with Crippen molar-refractivity contribution in [1.82, 2.24) is 5.43 Å². The van der Waals surface area contributed by atoms with Crippen molar-refractivity contribution in [1.29, 1.82) is 0 Å². The van der Waals surface area contributed by atoms with Gasteiger partial charge in [-0.2, -0.15) is 5.10 Å². The molecule has 5 heteroatoms. The molecule has 0 bridgehead atoms. The number of anilines is 1. The topological polar surface area (TPSA) is 70.6 Å². The van der Waals surface area contributed by atoms with E-state index in [1.807, 2.05) is 31.2 Å². The number of carbonyl (C=O) groups is 2. The van der Waals surface area contributed by atoms with Crippen molar-refractivity contribution in [3.8, 4) is 0 Å². The Kier molecular flexibility index (Phi) is 4.70. The maximum atomic E-state index is 12.0. The highest BCUT2D eigenvalue weighted by atomic mass is 16.2. The van der Waals surface area contributed by atoms with E-state index < -0.39 is 0 Å². The van der Waals surface area contributed by atoms with Gasteiger partial charge in [-0.3, -0.25) is 9.59 Å². The van der Waals surface area contributed by atoms with E-state index >= 15 is 0 Å². The fraction of sp³-hybridized carbons (Fsp3) is 0.211. The molecule has 24 heavy (non-hydrogen) atoms. The first kappa shape index (κ1) is 15.9. The number of hydrogen-bond donors (Lipinski definition) is 2. The van der Waals surface area contributed by atoms with Crippen molar-refractivity contribution in [3.05, 3.63) is 65.2 Å². The Morgan fingerprint density at radius 3 is 2.54 bits per heavy atom. The third-order valence-corrected chi connectivity index (χ3v) is 3.78. The summed E-state index contributed by atoms with van der Waals surface area (Å²) in [6.45, 7) is 2.00. The second-order valence-electron chi connectivity index (χ2n) is 5.95. The molecule has 0 atom stereocenters. The first-order chi connectivity index (χ1) is 11.6. The van der Waals surface area contributed by atoms with Crippen molar-refractivity contribution in [2.24, 2.45) is 11.0 Å². The van der Waals surface area contributed by atoms with Gasteiger partial charge in [0.1, 0.15) is 0 Å². The van der Waals surface area contributed by atoms with Crippen LogP contribution in [0.4, 0.5) is 5.69 Å². The highest BCUT2D eigenvalue weighted by Crippen LogP contribution is 2.30. The van der Waals surface area contributed by atoms with Crippen molar-refractivity contribution >= 4 is 23.7 Å². The average molecular weight is 321 g/mol. The van der Waals surface area contributed by atoms with Crippen LogP contribution >= 0.6 is 0 Å². The lowest BCUT2D eigenvalue weighted by Gasteiger charge is -2.05. The summed E-state index contributed by atoms with van der Waals surface area (Å²) in [6, 6.07) is 14.6. The minimum atomic E-state index is -0.293. The van der Waals surface area contributed by atoms with E-state index in [1.165, 1.54) is 0 Å². The zero-order valence-corrected chi connectivity index (χ0v) is 13.5. The molecule has 0 aliphatic heterocycles. The van der Waals surface area contributed by atoms with Gasteiger partial charge in [-0.25, -0.2) is 5.43 Å². The van der Waals surface area contributed by atoms with E-state index in [1.54, 1.807) is 30.5 Å². The fourth-order valence-electron chi connectivity index (χ4n) is 2.28. The van der Waals surface area contributed by atoms with Crippen LogP contribution < -0.4 is 10.7 Å². The Morgan fingerprint density at radius 2 is 1.88 bits per heavy atom. The molecule has 122 valence electrons. The molecule has 2 amide bonds. The Balaban J connectivity index is 1.55. The molecule has 0 radical (unpaired) electrons. The highest BCUT2D eigenvalue weighted by Gasteiger charge is 2.29. The van der Waals surface area contributed by atoms with Crippen molar-refractivity contribution < 1.29 is 9.59 Å². The third kappa shape index (κ3) is 4.29. The van der Waals surface area contributed by atoms with Gasteiger partial charge < -0.3 is 5.32 Å². The predicted octanol–water partition coefficient (Wildman–Crippen LogP) is 3.11. The molecule has 2 aromatic carbocycles. The molecule has 0 spiro atoms. The lowest BCUT2D eigenvalue weighted by Crippen LogP contribution is -2.18. The molecule has 1 aliphatic rings. The molecular weight excluding hydrogens is 302 g/mol. The minimum absolute atomic E-state index is 0.0509. The van der Waals surface area contributed by atoms with Crippen molar-refractivity contribution in [2.75, 3.05) is 5.32 Å². The van der Waals surface area contributed by atoms with Gasteiger partial charge >= 0.3 is 0 Å². The number of amides is 2. The van der Waals surface area contributed by atoms with E-state index in [4.69, 9.17) is 0 Å². The summed E-state index contributed by atoms with van der Waals surface area (Å²) >= 11 is 0. The maximum absolute atomic E-state index is 12.0. The summed E-state index contributed by atoms with van der Waals surface area (Å²) in [5, 5.41) is 6.81.